The molecule has 49 heavy (non-hydrogen) atoms. The van der Waals surface area contributed by atoms with Gasteiger partial charge in [-0.25, -0.2) is 19.3 Å². The lowest BCUT2D eigenvalue weighted by molar-refractivity contribution is -0.126. The molecule has 15 nitrogen and oxygen atoms in total. The second-order valence-electron chi connectivity index (χ2n) is 12.9. The van der Waals surface area contributed by atoms with Crippen molar-refractivity contribution in [3.63, 3.8) is 0 Å². The highest BCUT2D eigenvalue weighted by Gasteiger charge is 2.31. The average molecular weight is 681 g/mol. The van der Waals surface area contributed by atoms with Crippen LogP contribution < -0.4 is 21.1 Å². The van der Waals surface area contributed by atoms with Gasteiger partial charge in [0.05, 0.1) is 58.0 Å². The number of ether oxygens (including phenoxy) is 5. The maximum absolute atomic E-state index is 12.9. The van der Waals surface area contributed by atoms with Crippen molar-refractivity contribution in [2.24, 2.45) is 5.92 Å². The van der Waals surface area contributed by atoms with Crippen LogP contribution in [0.5, 0.6) is 5.75 Å². The van der Waals surface area contributed by atoms with Crippen LogP contribution in [0.1, 0.15) is 58.2 Å². The van der Waals surface area contributed by atoms with Crippen LogP contribution in [-0.2, 0) is 23.7 Å². The lowest BCUT2D eigenvalue weighted by Gasteiger charge is -2.26. The summed E-state index contributed by atoms with van der Waals surface area (Å²) >= 11 is 0. The molecule has 5 rings (SSSR count). The van der Waals surface area contributed by atoms with Crippen molar-refractivity contribution in [1.82, 2.24) is 35.2 Å². The Labute approximate surface area is 285 Å². The first-order valence-electron chi connectivity index (χ1n) is 16.8. The number of carbonyl (C=O) groups excluding carboxylic acids is 2. The van der Waals surface area contributed by atoms with E-state index in [-0.39, 0.29) is 17.7 Å². The Bertz CT molecular complexity index is 1690. The SMILES string of the molecule is COc1cccc2cc(-c3nc([C@H]4CC[C@H](C(=O)NCCOCCOCCOCCNC(=O)OC(C)(C)C)CC4)n4ncnc(N)c34)[nH]c12. The van der Waals surface area contributed by atoms with Crippen molar-refractivity contribution in [1.29, 1.82) is 0 Å². The molecule has 1 saturated carbocycles. The number of carbonyl (C=O) groups is 2. The first-order chi connectivity index (χ1) is 23.6. The number of amides is 2. The molecule has 1 aromatic carbocycles. The molecule has 0 spiro atoms. The van der Waals surface area contributed by atoms with E-state index in [0.29, 0.717) is 69.8 Å². The van der Waals surface area contributed by atoms with Gasteiger partial charge in [0.1, 0.15) is 34.7 Å². The first kappa shape index (κ1) is 35.8. The number of nitrogens with two attached hydrogens (primary N) is 1. The number of fused-ring (bicyclic) bond motifs is 2. The molecule has 1 fully saturated rings. The van der Waals surface area contributed by atoms with Gasteiger partial charge in [-0.3, -0.25) is 4.79 Å². The fourth-order valence-electron chi connectivity index (χ4n) is 5.94. The smallest absolute Gasteiger partial charge is 0.407 e. The summed E-state index contributed by atoms with van der Waals surface area (Å²) in [6.07, 6.45) is 4.09. The zero-order valence-corrected chi connectivity index (χ0v) is 28.8. The molecule has 3 aromatic heterocycles. The maximum atomic E-state index is 12.9. The predicted octanol–water partition coefficient (Wildman–Crippen LogP) is 3.83. The molecule has 1 aliphatic carbocycles. The highest BCUT2D eigenvalue weighted by Crippen LogP contribution is 2.39. The van der Waals surface area contributed by atoms with Gasteiger partial charge in [-0.05, 0) is 58.6 Å². The van der Waals surface area contributed by atoms with Crippen LogP contribution in [0.4, 0.5) is 10.6 Å². The van der Waals surface area contributed by atoms with Gasteiger partial charge in [0.2, 0.25) is 5.91 Å². The highest BCUT2D eigenvalue weighted by atomic mass is 16.6. The van der Waals surface area contributed by atoms with Crippen molar-refractivity contribution in [3.05, 3.63) is 36.4 Å². The minimum Gasteiger partial charge on any atom is -0.495 e. The third-order valence-electron chi connectivity index (χ3n) is 8.25. The van der Waals surface area contributed by atoms with E-state index in [4.69, 9.17) is 34.4 Å². The summed E-state index contributed by atoms with van der Waals surface area (Å²) in [6, 6.07) is 7.90. The molecule has 0 aliphatic heterocycles. The predicted molar refractivity (Wildman–Crippen MR) is 183 cm³/mol. The van der Waals surface area contributed by atoms with Crippen LogP contribution in [-0.4, -0.2) is 102 Å². The van der Waals surface area contributed by atoms with Crippen molar-refractivity contribution >= 4 is 34.2 Å². The number of benzene rings is 1. The number of para-hydroxylation sites is 1. The Balaban J connectivity index is 0.994. The van der Waals surface area contributed by atoms with Crippen LogP contribution in [0, 0.1) is 5.92 Å². The minimum absolute atomic E-state index is 0.0452. The Morgan fingerprint density at radius 3 is 2.33 bits per heavy atom. The number of rotatable bonds is 16. The number of alkyl carbamates (subject to hydrolysis) is 1. The van der Waals surface area contributed by atoms with E-state index in [2.05, 4.69) is 25.7 Å². The van der Waals surface area contributed by atoms with E-state index in [9.17, 15) is 9.59 Å². The molecule has 0 radical (unpaired) electrons. The largest absolute Gasteiger partial charge is 0.495 e. The number of methoxy groups -OCH3 is 1. The summed E-state index contributed by atoms with van der Waals surface area (Å²) in [7, 11) is 1.65. The van der Waals surface area contributed by atoms with Crippen LogP contribution in [0.25, 0.3) is 27.8 Å². The summed E-state index contributed by atoms with van der Waals surface area (Å²) in [6.45, 7) is 8.68. The number of H-pyrrole nitrogens is 1. The van der Waals surface area contributed by atoms with Gasteiger partial charge in [0.15, 0.2) is 5.82 Å². The number of aromatic amines is 1. The lowest BCUT2D eigenvalue weighted by atomic mass is 9.81. The van der Waals surface area contributed by atoms with Crippen LogP contribution in [0.2, 0.25) is 0 Å². The minimum atomic E-state index is -0.528. The van der Waals surface area contributed by atoms with Gasteiger partial charge in [0.25, 0.3) is 0 Å². The van der Waals surface area contributed by atoms with Gasteiger partial charge in [-0.2, -0.15) is 5.10 Å². The van der Waals surface area contributed by atoms with Gasteiger partial charge >= 0.3 is 6.09 Å². The van der Waals surface area contributed by atoms with Crippen LogP contribution in [0.3, 0.4) is 0 Å². The summed E-state index contributed by atoms with van der Waals surface area (Å²) < 4.78 is 29.0. The molecule has 0 atom stereocenters. The number of hydrogen-bond donors (Lipinski definition) is 4. The Kier molecular flexibility index (Phi) is 12.3. The van der Waals surface area contributed by atoms with E-state index in [1.54, 1.807) is 11.6 Å². The molecule has 4 aromatic rings. The van der Waals surface area contributed by atoms with Crippen molar-refractivity contribution in [3.8, 4) is 17.1 Å². The van der Waals surface area contributed by atoms with Crippen molar-refractivity contribution in [2.75, 3.05) is 65.6 Å². The van der Waals surface area contributed by atoms with Crippen molar-refractivity contribution in [2.45, 2.75) is 58.0 Å². The van der Waals surface area contributed by atoms with Crippen molar-refractivity contribution < 1.29 is 33.3 Å². The number of imidazole rings is 1. The number of aromatic nitrogens is 5. The van der Waals surface area contributed by atoms with E-state index >= 15 is 0 Å². The number of nitrogens with zero attached hydrogens (tertiary/aromatic N) is 4. The molecule has 5 N–H and O–H groups in total. The zero-order chi connectivity index (χ0) is 34.8. The van der Waals surface area contributed by atoms with E-state index in [0.717, 1.165) is 53.9 Å². The molecule has 3 heterocycles. The number of hydrogen-bond acceptors (Lipinski definition) is 11. The normalized spacial score (nSPS) is 16.6. The quantitative estimate of drug-likeness (QED) is 0.126. The average Bonchev–Trinajstić information content (AvgIpc) is 3.69. The molecule has 266 valence electrons. The first-order valence-corrected chi connectivity index (χ1v) is 16.8. The third kappa shape index (κ3) is 9.58. The van der Waals surface area contributed by atoms with Crippen LogP contribution >= 0.6 is 0 Å². The molecule has 2 amide bonds. The van der Waals surface area contributed by atoms with Gasteiger partial charge in [0, 0.05) is 30.3 Å². The molecule has 0 bridgehead atoms. The van der Waals surface area contributed by atoms with E-state index < -0.39 is 11.7 Å². The van der Waals surface area contributed by atoms with E-state index in [1.807, 2.05) is 45.0 Å². The molecule has 0 saturated heterocycles. The molecule has 1 aliphatic rings. The van der Waals surface area contributed by atoms with Gasteiger partial charge in [-0.1, -0.05) is 12.1 Å². The topological polar surface area (TPSA) is 189 Å². The number of nitrogens with one attached hydrogen (secondary N) is 3. The third-order valence-corrected chi connectivity index (χ3v) is 8.25. The Morgan fingerprint density at radius 2 is 1.65 bits per heavy atom. The second-order valence-corrected chi connectivity index (χ2v) is 12.9. The monoisotopic (exact) mass is 680 g/mol. The fourth-order valence-corrected chi connectivity index (χ4v) is 5.94. The molecule has 0 unspecified atom stereocenters. The molecule has 15 heteroatoms. The second kappa shape index (κ2) is 16.8. The maximum Gasteiger partial charge on any atom is 0.407 e. The summed E-state index contributed by atoms with van der Waals surface area (Å²) in [5, 5.41) is 11.2. The zero-order valence-electron chi connectivity index (χ0n) is 28.8. The van der Waals surface area contributed by atoms with Crippen LogP contribution in [0.15, 0.2) is 30.6 Å². The summed E-state index contributed by atoms with van der Waals surface area (Å²) in [4.78, 5) is 37.2. The molecular weight excluding hydrogens is 632 g/mol. The number of nitrogen functional groups attached to an aromatic ring is 1. The van der Waals surface area contributed by atoms with E-state index in [1.165, 1.54) is 6.33 Å². The Morgan fingerprint density at radius 1 is 0.980 bits per heavy atom. The summed E-state index contributed by atoms with van der Waals surface area (Å²) in [5.74, 6) is 2.03. The fraction of sp³-hybridized carbons (Fsp3) is 0.559. The Hall–Kier alpha value is -4.47. The standard InChI is InChI=1S/C34H48N8O7/c1-34(2,3)49-33(44)37-13-15-47-17-19-48-18-16-46-14-12-36-32(43)23-10-8-22(9-11-23)31-41-28(29-30(35)38-21-39-42(29)31)25-20-24-6-5-7-26(45-4)27(24)40-25/h5-7,20-23,40H,8-19H2,1-4H3,(H,36,43)(H,37,44)(H2,35,38,39)/t22-,23-. The van der Waals surface area contributed by atoms with Gasteiger partial charge < -0.3 is 45.0 Å². The summed E-state index contributed by atoms with van der Waals surface area (Å²) in [5.41, 5.74) is 8.86. The molecular formula is C34H48N8O7. The van der Waals surface area contributed by atoms with Gasteiger partial charge in [-0.15, -0.1) is 0 Å². The number of anilines is 1. The lowest BCUT2D eigenvalue weighted by Crippen LogP contribution is -2.35. The highest BCUT2D eigenvalue weighted by molar-refractivity contribution is 5.93.